The van der Waals surface area contributed by atoms with Crippen molar-refractivity contribution in [1.82, 2.24) is 0 Å². The molecule has 2 heteroatoms. The van der Waals surface area contributed by atoms with Crippen LogP contribution in [0.5, 0.6) is 0 Å². The van der Waals surface area contributed by atoms with Gasteiger partial charge in [-0.15, -0.1) is 22.7 Å². The van der Waals surface area contributed by atoms with Crippen molar-refractivity contribution in [3.63, 3.8) is 0 Å². The van der Waals surface area contributed by atoms with Gasteiger partial charge in [0.05, 0.1) is 0 Å². The monoisotopic (exact) mass is 846 g/mol. The molecule has 2 aromatic heterocycles. The fourth-order valence-electron chi connectivity index (χ4n) is 10.2. The van der Waals surface area contributed by atoms with Crippen LogP contribution in [0.4, 0.5) is 0 Å². The maximum atomic E-state index is 2.50. The molecular weight excluding hydrogens is 809 g/mol. The lowest BCUT2D eigenvalue weighted by atomic mass is 9.83. The summed E-state index contributed by atoms with van der Waals surface area (Å²) in [7, 11) is 0. The maximum Gasteiger partial charge on any atom is 0.0449 e. The van der Waals surface area contributed by atoms with Crippen LogP contribution in [-0.4, -0.2) is 0 Å². The summed E-state index contributed by atoms with van der Waals surface area (Å²) in [4.78, 5) is 5.17. The Labute approximate surface area is 379 Å². The van der Waals surface area contributed by atoms with Gasteiger partial charge in [0, 0.05) is 25.1 Å². The summed E-state index contributed by atoms with van der Waals surface area (Å²) in [6, 6.07) is 85.6. The summed E-state index contributed by atoms with van der Waals surface area (Å²) in [5.41, 5.74) is 10.0. The van der Waals surface area contributed by atoms with Gasteiger partial charge in [0.15, 0.2) is 0 Å². The number of rotatable bonds is 6. The average molecular weight is 847 g/mol. The van der Waals surface area contributed by atoms with Crippen LogP contribution in [0.25, 0.3) is 129 Å². The Morgan fingerprint density at radius 2 is 0.547 bits per heavy atom. The van der Waals surface area contributed by atoms with E-state index in [0.717, 1.165) is 0 Å². The molecule has 0 bridgehead atoms. The van der Waals surface area contributed by atoms with Crippen LogP contribution in [-0.2, 0) is 0 Å². The molecule has 0 saturated carbocycles. The van der Waals surface area contributed by atoms with Gasteiger partial charge in [0.2, 0.25) is 0 Å². The molecule has 13 rings (SSSR count). The van der Waals surface area contributed by atoms with Crippen molar-refractivity contribution in [2.75, 3.05) is 0 Å². The summed E-state index contributed by atoms with van der Waals surface area (Å²) in [6.07, 6.45) is 0. The van der Waals surface area contributed by atoms with E-state index in [4.69, 9.17) is 0 Å². The van der Waals surface area contributed by atoms with Crippen molar-refractivity contribution >= 4 is 87.3 Å². The van der Waals surface area contributed by atoms with Crippen LogP contribution in [0.15, 0.2) is 231 Å². The lowest BCUT2D eigenvalue weighted by molar-refractivity contribution is 1.67. The van der Waals surface area contributed by atoms with Crippen LogP contribution in [0.2, 0.25) is 0 Å². The summed E-state index contributed by atoms with van der Waals surface area (Å²) in [5.74, 6) is 0. The third-order valence-electron chi connectivity index (χ3n) is 13.1. The summed E-state index contributed by atoms with van der Waals surface area (Å²) in [6.45, 7) is 0. The minimum Gasteiger partial charge on any atom is -0.134 e. The van der Waals surface area contributed by atoms with E-state index >= 15 is 0 Å². The molecule has 0 saturated heterocycles. The molecular formula is C62H38S2. The lowest BCUT2D eigenvalue weighted by Crippen LogP contribution is -1.93. The molecule has 0 aliphatic heterocycles. The molecule has 0 unspecified atom stereocenters. The zero-order valence-corrected chi connectivity index (χ0v) is 36.4. The highest BCUT2D eigenvalue weighted by Gasteiger charge is 2.22. The van der Waals surface area contributed by atoms with Gasteiger partial charge in [0.1, 0.15) is 0 Å². The third kappa shape index (κ3) is 6.02. The number of hydrogen-bond donors (Lipinski definition) is 0. The van der Waals surface area contributed by atoms with Crippen molar-refractivity contribution in [3.8, 4) is 64.0 Å². The second kappa shape index (κ2) is 15.0. The summed E-state index contributed by atoms with van der Waals surface area (Å²) in [5, 5.41) is 15.1. The fourth-order valence-corrected chi connectivity index (χ4v) is 12.4. The number of hydrogen-bond acceptors (Lipinski definition) is 2. The Balaban J connectivity index is 1.06. The molecule has 0 nitrogen and oxygen atoms in total. The molecule has 0 amide bonds. The maximum absolute atomic E-state index is 2.50. The Morgan fingerprint density at radius 3 is 1.08 bits per heavy atom. The minimum absolute atomic E-state index is 1.21. The number of fused-ring (bicyclic) bond motifs is 6. The van der Waals surface area contributed by atoms with E-state index in [1.165, 1.54) is 129 Å². The number of thiophene rings is 2. The highest BCUT2D eigenvalue weighted by atomic mass is 32.1. The Hall–Kier alpha value is -7.62. The molecule has 11 aromatic carbocycles. The summed E-state index contributed by atoms with van der Waals surface area (Å²) < 4.78 is 0. The first-order valence-corrected chi connectivity index (χ1v) is 23.5. The van der Waals surface area contributed by atoms with Gasteiger partial charge in [0.25, 0.3) is 0 Å². The van der Waals surface area contributed by atoms with Crippen LogP contribution in [0.3, 0.4) is 0 Å². The lowest BCUT2D eigenvalue weighted by Gasteiger charge is -2.21. The first kappa shape index (κ1) is 37.0. The minimum atomic E-state index is 1.21. The van der Waals surface area contributed by atoms with E-state index < -0.39 is 0 Å². The van der Waals surface area contributed by atoms with E-state index in [2.05, 4.69) is 231 Å². The van der Waals surface area contributed by atoms with E-state index in [1.807, 2.05) is 22.7 Å². The van der Waals surface area contributed by atoms with Crippen molar-refractivity contribution in [1.29, 1.82) is 0 Å². The van der Waals surface area contributed by atoms with E-state index in [9.17, 15) is 0 Å². The Morgan fingerprint density at radius 1 is 0.188 bits per heavy atom. The largest absolute Gasteiger partial charge is 0.134 e. The SMILES string of the molecule is c1ccc(-c2ccc(-c3ccc(-c4c5ccccc5c(-c5ccc6c(-c7ccc8ccccc8c7)c7ccccc7c(-c7ccc8ccccc8c7)c6c5)c5ccccc45)s3)s2)cc1. The topological polar surface area (TPSA) is 0 Å². The average Bonchev–Trinajstić information content (AvgIpc) is 4.06. The Bertz CT molecular complexity index is 3900. The standard InChI is InChI=1S/C62H38S2/c1-2-16-41(17-3-1)55-32-33-56(63-55)57-34-35-58(64-57)62-51-24-12-10-22-49(51)60(50-23-11-13-25-52(50)62)46-30-31-53-54(38-46)61(45-29-27-40-15-5-7-19-43(40)37-45)48-21-9-8-20-47(48)59(53)44-28-26-39-14-4-6-18-42(39)36-44/h1-38H. The first-order valence-electron chi connectivity index (χ1n) is 21.9. The zero-order chi connectivity index (χ0) is 42.1. The molecule has 0 fully saturated rings. The highest BCUT2D eigenvalue weighted by molar-refractivity contribution is 7.25. The molecule has 0 atom stereocenters. The van der Waals surface area contributed by atoms with Crippen molar-refractivity contribution in [2.24, 2.45) is 0 Å². The third-order valence-corrected chi connectivity index (χ3v) is 15.5. The molecule has 64 heavy (non-hydrogen) atoms. The normalized spacial score (nSPS) is 11.8. The zero-order valence-electron chi connectivity index (χ0n) is 34.8. The second-order valence-electron chi connectivity index (χ2n) is 16.7. The molecule has 0 N–H and O–H groups in total. The van der Waals surface area contributed by atoms with Gasteiger partial charge in [-0.3, -0.25) is 0 Å². The van der Waals surface area contributed by atoms with E-state index in [1.54, 1.807) is 0 Å². The van der Waals surface area contributed by atoms with Crippen molar-refractivity contribution in [2.45, 2.75) is 0 Å². The predicted octanol–water partition coefficient (Wildman–Crippen LogP) is 18.7. The van der Waals surface area contributed by atoms with Crippen LogP contribution >= 0.6 is 22.7 Å². The van der Waals surface area contributed by atoms with Crippen LogP contribution in [0, 0.1) is 0 Å². The highest BCUT2D eigenvalue weighted by Crippen LogP contribution is 2.50. The second-order valence-corrected chi connectivity index (χ2v) is 18.9. The predicted molar refractivity (Wildman–Crippen MR) is 280 cm³/mol. The van der Waals surface area contributed by atoms with Crippen LogP contribution in [0.1, 0.15) is 0 Å². The van der Waals surface area contributed by atoms with Gasteiger partial charge >= 0.3 is 0 Å². The molecule has 298 valence electrons. The fraction of sp³-hybridized carbons (Fsp3) is 0. The molecule has 13 aromatic rings. The van der Waals surface area contributed by atoms with Gasteiger partial charge in [-0.1, -0.05) is 188 Å². The molecule has 0 aliphatic rings. The van der Waals surface area contributed by atoms with E-state index in [-0.39, 0.29) is 0 Å². The smallest absolute Gasteiger partial charge is 0.0449 e. The Kier molecular flexibility index (Phi) is 8.69. The van der Waals surface area contributed by atoms with E-state index in [0.29, 0.717) is 0 Å². The quantitative estimate of drug-likeness (QED) is 0.146. The van der Waals surface area contributed by atoms with Gasteiger partial charge in [-0.25, -0.2) is 0 Å². The molecule has 0 aliphatic carbocycles. The number of benzene rings is 11. The van der Waals surface area contributed by atoms with Gasteiger partial charge in [-0.05, 0) is 146 Å². The van der Waals surface area contributed by atoms with Crippen LogP contribution < -0.4 is 0 Å². The van der Waals surface area contributed by atoms with Gasteiger partial charge in [-0.2, -0.15) is 0 Å². The summed E-state index contributed by atoms with van der Waals surface area (Å²) >= 11 is 3.76. The molecule has 0 radical (unpaired) electrons. The van der Waals surface area contributed by atoms with Crippen molar-refractivity contribution in [3.05, 3.63) is 231 Å². The van der Waals surface area contributed by atoms with Crippen molar-refractivity contribution < 1.29 is 0 Å². The first-order chi connectivity index (χ1) is 31.7. The molecule has 2 heterocycles. The van der Waals surface area contributed by atoms with Gasteiger partial charge < -0.3 is 0 Å². The molecule has 0 spiro atoms.